The Kier molecular flexibility index (Phi) is 7.71. The Morgan fingerprint density at radius 1 is 0.969 bits per heavy atom. The summed E-state index contributed by atoms with van der Waals surface area (Å²) in [7, 11) is -5.78. The molecule has 0 aromatic heterocycles. The highest BCUT2D eigenvalue weighted by molar-refractivity contribution is 7.89. The Balaban J connectivity index is 2.18. The first-order valence-corrected chi connectivity index (χ1v) is 12.1. The first kappa shape index (κ1) is 25.8. The number of sulfonamides is 2. The van der Waals surface area contributed by atoms with Crippen LogP contribution in [-0.4, -0.2) is 47.2 Å². The molecular formula is C19H22F3N3O5S2. The van der Waals surface area contributed by atoms with E-state index in [-0.39, 0.29) is 17.0 Å². The largest absolute Gasteiger partial charge is 0.417 e. The van der Waals surface area contributed by atoms with Gasteiger partial charge in [0.1, 0.15) is 0 Å². The first-order valence-electron chi connectivity index (χ1n) is 9.14. The second-order valence-corrected chi connectivity index (χ2v) is 10.8. The van der Waals surface area contributed by atoms with Crippen molar-refractivity contribution in [2.45, 2.75) is 35.5 Å². The van der Waals surface area contributed by atoms with Crippen LogP contribution in [-0.2, 0) is 37.6 Å². The number of nitrogens with one attached hydrogen (secondary N) is 2. The molecule has 0 unspecified atom stereocenters. The molecule has 13 heteroatoms. The molecule has 32 heavy (non-hydrogen) atoms. The fourth-order valence-corrected chi connectivity index (χ4v) is 5.26. The van der Waals surface area contributed by atoms with Crippen LogP contribution in [0.2, 0.25) is 0 Å². The summed E-state index contributed by atoms with van der Waals surface area (Å²) in [6.45, 7) is 0.916. The Morgan fingerprint density at radius 3 is 2.06 bits per heavy atom. The van der Waals surface area contributed by atoms with Gasteiger partial charge < -0.3 is 5.32 Å². The van der Waals surface area contributed by atoms with Gasteiger partial charge in [0.05, 0.1) is 21.4 Å². The van der Waals surface area contributed by atoms with Crippen molar-refractivity contribution in [3.63, 3.8) is 0 Å². The zero-order valence-electron chi connectivity index (χ0n) is 17.3. The molecule has 0 saturated carbocycles. The molecule has 1 atom stereocenters. The molecule has 2 N–H and O–H groups in total. The summed E-state index contributed by atoms with van der Waals surface area (Å²) >= 11 is 0. The van der Waals surface area contributed by atoms with Crippen molar-refractivity contribution in [1.82, 2.24) is 14.3 Å². The van der Waals surface area contributed by atoms with Crippen LogP contribution in [0, 0.1) is 0 Å². The number of halogens is 3. The van der Waals surface area contributed by atoms with Crippen LogP contribution in [0.25, 0.3) is 0 Å². The third kappa shape index (κ3) is 5.85. The van der Waals surface area contributed by atoms with E-state index in [0.717, 1.165) is 29.4 Å². The van der Waals surface area contributed by atoms with Crippen LogP contribution < -0.4 is 10.0 Å². The number of hydrogen-bond acceptors (Lipinski definition) is 5. The van der Waals surface area contributed by atoms with Gasteiger partial charge >= 0.3 is 6.18 Å². The second kappa shape index (κ2) is 9.57. The third-order valence-electron chi connectivity index (χ3n) is 4.39. The molecule has 1 amide bonds. The molecule has 0 spiro atoms. The number of alkyl halides is 3. The Labute approximate surface area is 184 Å². The van der Waals surface area contributed by atoms with Gasteiger partial charge in [-0.3, -0.25) is 4.79 Å². The molecule has 2 aromatic carbocycles. The number of nitrogens with zero attached hydrogens (tertiary/aromatic N) is 1. The van der Waals surface area contributed by atoms with Crippen LogP contribution in [0.3, 0.4) is 0 Å². The average Bonchev–Trinajstić information content (AvgIpc) is 2.71. The van der Waals surface area contributed by atoms with Crippen molar-refractivity contribution in [2.24, 2.45) is 0 Å². The average molecular weight is 494 g/mol. The van der Waals surface area contributed by atoms with Gasteiger partial charge in [0.2, 0.25) is 26.0 Å². The fraction of sp³-hybridized carbons (Fsp3) is 0.316. The number of amides is 1. The van der Waals surface area contributed by atoms with E-state index in [2.05, 4.69) is 5.32 Å². The summed E-state index contributed by atoms with van der Waals surface area (Å²) in [5.41, 5.74) is -1.10. The lowest BCUT2D eigenvalue weighted by molar-refractivity contribution is -0.139. The van der Waals surface area contributed by atoms with Crippen molar-refractivity contribution in [2.75, 3.05) is 14.1 Å². The van der Waals surface area contributed by atoms with Crippen LogP contribution in [0.4, 0.5) is 13.2 Å². The van der Waals surface area contributed by atoms with Crippen molar-refractivity contribution in [3.8, 4) is 0 Å². The standard InChI is InChI=1S/C19H22F3N3O5S2/c1-13(24-31(27,28)17-11-7-5-9-15(17)19(20,21)22)18(26)23-12-14-8-4-6-10-16(14)32(29,30)25(2)3/h4-11,13,24H,12H2,1-3H3,(H,23,26)/t13-/m0/s1. The van der Waals surface area contributed by atoms with Gasteiger partial charge in [-0.25, -0.2) is 21.1 Å². The van der Waals surface area contributed by atoms with Crippen LogP contribution in [0.1, 0.15) is 18.1 Å². The SMILES string of the molecule is C[C@H](NS(=O)(=O)c1ccccc1C(F)(F)F)C(=O)NCc1ccccc1S(=O)(=O)N(C)C. The topological polar surface area (TPSA) is 113 Å². The fourth-order valence-electron chi connectivity index (χ4n) is 2.72. The number of benzene rings is 2. The van der Waals surface area contributed by atoms with Gasteiger partial charge in [0.25, 0.3) is 0 Å². The highest BCUT2D eigenvalue weighted by Crippen LogP contribution is 2.33. The maximum absolute atomic E-state index is 13.2. The molecule has 2 aromatic rings. The van der Waals surface area contributed by atoms with E-state index in [0.29, 0.717) is 6.07 Å². The minimum absolute atomic E-state index is 0.0439. The van der Waals surface area contributed by atoms with Gasteiger partial charge in [-0.15, -0.1) is 0 Å². The Hall–Kier alpha value is -2.48. The quantitative estimate of drug-likeness (QED) is 0.584. The molecule has 0 heterocycles. The molecule has 0 aliphatic heterocycles. The molecular weight excluding hydrogens is 471 g/mol. The molecule has 0 aliphatic rings. The smallest absolute Gasteiger partial charge is 0.351 e. The summed E-state index contributed by atoms with van der Waals surface area (Å²) in [4.78, 5) is 11.3. The maximum Gasteiger partial charge on any atom is 0.417 e. The third-order valence-corrected chi connectivity index (χ3v) is 7.91. The van der Waals surface area contributed by atoms with Crippen molar-refractivity contribution >= 4 is 26.0 Å². The monoisotopic (exact) mass is 493 g/mol. The summed E-state index contributed by atoms with van der Waals surface area (Å²) < 4.78 is 92.2. The van der Waals surface area contributed by atoms with Gasteiger partial charge in [0, 0.05) is 20.6 Å². The molecule has 0 aliphatic carbocycles. The van der Waals surface area contributed by atoms with Gasteiger partial charge in [0.15, 0.2) is 0 Å². The van der Waals surface area contributed by atoms with E-state index in [1.165, 1.54) is 32.3 Å². The number of carbonyl (C=O) groups excluding carboxylic acids is 1. The summed E-state index contributed by atoms with van der Waals surface area (Å²) in [6.07, 6.45) is -4.90. The second-order valence-electron chi connectivity index (χ2n) is 6.95. The van der Waals surface area contributed by atoms with Crippen LogP contribution >= 0.6 is 0 Å². The molecule has 0 bridgehead atoms. The van der Waals surface area contributed by atoms with Crippen molar-refractivity contribution in [3.05, 3.63) is 59.7 Å². The van der Waals surface area contributed by atoms with Crippen LogP contribution in [0.15, 0.2) is 58.3 Å². The van der Waals surface area contributed by atoms with Gasteiger partial charge in [-0.2, -0.15) is 17.9 Å². The van der Waals surface area contributed by atoms with E-state index in [1.54, 1.807) is 6.07 Å². The Bertz CT molecular complexity index is 1200. The molecule has 8 nitrogen and oxygen atoms in total. The minimum Gasteiger partial charge on any atom is -0.351 e. The lowest BCUT2D eigenvalue weighted by atomic mass is 10.2. The molecule has 0 radical (unpaired) electrons. The van der Waals surface area contributed by atoms with Crippen molar-refractivity contribution < 1.29 is 34.8 Å². The lowest BCUT2D eigenvalue weighted by Gasteiger charge is -2.18. The predicted octanol–water partition coefficient (Wildman–Crippen LogP) is 1.94. The minimum atomic E-state index is -4.90. The summed E-state index contributed by atoms with van der Waals surface area (Å²) in [5.74, 6) is -0.852. The van der Waals surface area contributed by atoms with E-state index in [1.807, 2.05) is 4.72 Å². The number of rotatable bonds is 8. The molecule has 0 saturated heterocycles. The maximum atomic E-state index is 13.2. The van der Waals surface area contributed by atoms with E-state index in [9.17, 15) is 34.8 Å². The zero-order chi connectivity index (χ0) is 24.3. The Morgan fingerprint density at radius 2 is 1.50 bits per heavy atom. The normalized spacial score (nSPS) is 13.7. The summed E-state index contributed by atoms with van der Waals surface area (Å²) in [6, 6.07) is 8.08. The molecule has 176 valence electrons. The van der Waals surface area contributed by atoms with E-state index >= 15 is 0 Å². The molecule has 0 fully saturated rings. The zero-order valence-corrected chi connectivity index (χ0v) is 19.0. The van der Waals surface area contributed by atoms with Crippen LogP contribution in [0.5, 0.6) is 0 Å². The van der Waals surface area contributed by atoms with Gasteiger partial charge in [-0.05, 0) is 30.7 Å². The highest BCUT2D eigenvalue weighted by Gasteiger charge is 2.37. The highest BCUT2D eigenvalue weighted by atomic mass is 32.2. The number of hydrogen-bond donors (Lipinski definition) is 2. The molecule has 2 rings (SSSR count). The van der Waals surface area contributed by atoms with E-state index in [4.69, 9.17) is 0 Å². The predicted molar refractivity (Wildman–Crippen MR) is 110 cm³/mol. The van der Waals surface area contributed by atoms with E-state index < -0.39 is 48.6 Å². The summed E-state index contributed by atoms with van der Waals surface area (Å²) in [5, 5.41) is 2.40. The van der Waals surface area contributed by atoms with Crippen molar-refractivity contribution in [1.29, 1.82) is 0 Å². The van der Waals surface area contributed by atoms with Gasteiger partial charge in [-0.1, -0.05) is 30.3 Å². The number of carbonyl (C=O) groups is 1. The lowest BCUT2D eigenvalue weighted by Crippen LogP contribution is -2.45. The first-order chi connectivity index (χ1) is 14.7.